The van der Waals surface area contributed by atoms with E-state index in [0.29, 0.717) is 12.8 Å². The zero-order valence-electron chi connectivity index (χ0n) is 9.30. The fourth-order valence-electron chi connectivity index (χ4n) is 1.50. The molecule has 0 amide bonds. The van der Waals surface area contributed by atoms with E-state index in [1.807, 2.05) is 6.92 Å². The SMILES string of the molecule is CCCC1=C(C(=O)OC)C(=O)C(Br)=C(Br)C1=O. The number of ketones is 2. The Balaban J connectivity index is 3.38. The van der Waals surface area contributed by atoms with E-state index in [1.165, 1.54) is 7.11 Å². The van der Waals surface area contributed by atoms with Crippen LogP contribution >= 0.6 is 31.9 Å². The fourth-order valence-corrected chi connectivity index (χ4v) is 2.30. The largest absolute Gasteiger partial charge is 0.465 e. The summed E-state index contributed by atoms with van der Waals surface area (Å²) < 4.78 is 4.75. The van der Waals surface area contributed by atoms with E-state index in [9.17, 15) is 14.4 Å². The van der Waals surface area contributed by atoms with Crippen molar-refractivity contribution in [3.8, 4) is 0 Å². The summed E-state index contributed by atoms with van der Waals surface area (Å²) in [6.45, 7) is 1.86. The van der Waals surface area contributed by atoms with Gasteiger partial charge in [-0.15, -0.1) is 0 Å². The third kappa shape index (κ3) is 2.57. The van der Waals surface area contributed by atoms with Gasteiger partial charge >= 0.3 is 5.97 Å². The summed E-state index contributed by atoms with van der Waals surface area (Å²) in [5.74, 6) is -1.64. The van der Waals surface area contributed by atoms with E-state index in [0.717, 1.165) is 0 Å². The molecule has 17 heavy (non-hydrogen) atoms. The Morgan fingerprint density at radius 1 is 1.18 bits per heavy atom. The van der Waals surface area contributed by atoms with E-state index >= 15 is 0 Å². The number of carbonyl (C=O) groups excluding carboxylic acids is 3. The lowest BCUT2D eigenvalue weighted by Crippen LogP contribution is -2.25. The molecule has 0 aromatic carbocycles. The van der Waals surface area contributed by atoms with Gasteiger partial charge in [0.2, 0.25) is 5.78 Å². The first-order valence-electron chi connectivity index (χ1n) is 4.91. The van der Waals surface area contributed by atoms with E-state index < -0.39 is 11.8 Å². The molecule has 0 fully saturated rings. The maximum atomic E-state index is 11.9. The second kappa shape index (κ2) is 5.73. The van der Waals surface area contributed by atoms with Gasteiger partial charge in [0.25, 0.3) is 0 Å². The molecule has 0 aromatic rings. The molecule has 0 bridgehead atoms. The highest BCUT2D eigenvalue weighted by Crippen LogP contribution is 2.33. The minimum atomic E-state index is -0.774. The predicted molar refractivity (Wildman–Crippen MR) is 68.8 cm³/mol. The van der Waals surface area contributed by atoms with Gasteiger partial charge < -0.3 is 4.74 Å². The van der Waals surface area contributed by atoms with Crippen LogP contribution in [0.25, 0.3) is 0 Å². The quantitative estimate of drug-likeness (QED) is 0.437. The van der Waals surface area contributed by atoms with Gasteiger partial charge in [-0.25, -0.2) is 4.79 Å². The van der Waals surface area contributed by atoms with E-state index in [1.54, 1.807) is 0 Å². The highest BCUT2D eigenvalue weighted by molar-refractivity contribution is 9.14. The maximum Gasteiger partial charge on any atom is 0.342 e. The van der Waals surface area contributed by atoms with Crippen molar-refractivity contribution < 1.29 is 19.1 Å². The normalized spacial score (nSPS) is 16.7. The molecule has 0 N–H and O–H groups in total. The topological polar surface area (TPSA) is 60.4 Å². The lowest BCUT2D eigenvalue weighted by atomic mass is 9.92. The average Bonchev–Trinajstić information content (AvgIpc) is 2.33. The van der Waals surface area contributed by atoms with Gasteiger partial charge in [-0.05, 0) is 38.3 Å². The Bertz CT molecular complexity index is 460. The molecule has 1 rings (SSSR count). The fraction of sp³-hybridized carbons (Fsp3) is 0.364. The number of halogens is 2. The Kier molecular flexibility index (Phi) is 4.82. The molecule has 0 saturated carbocycles. The standard InChI is InChI=1S/C11H10Br2O4/c1-3-4-5-6(11(16)17-2)10(15)8(13)7(12)9(5)14/h3-4H2,1-2H3. The predicted octanol–water partition coefficient (Wildman–Crippen LogP) is 2.41. The summed E-state index contributed by atoms with van der Waals surface area (Å²) >= 11 is 6.04. The molecule has 1 aliphatic rings. The highest BCUT2D eigenvalue weighted by Gasteiger charge is 2.35. The molecule has 0 atom stereocenters. The van der Waals surface area contributed by atoms with Crippen molar-refractivity contribution >= 4 is 49.4 Å². The van der Waals surface area contributed by atoms with Crippen LogP contribution in [-0.4, -0.2) is 24.6 Å². The number of carbonyl (C=O) groups is 3. The molecule has 0 heterocycles. The first kappa shape index (κ1) is 14.3. The van der Waals surface area contributed by atoms with Gasteiger partial charge in [0.1, 0.15) is 5.57 Å². The minimum Gasteiger partial charge on any atom is -0.465 e. The summed E-state index contributed by atoms with van der Waals surface area (Å²) in [5, 5.41) is 0. The third-order valence-electron chi connectivity index (χ3n) is 2.28. The molecule has 0 aromatic heterocycles. The lowest BCUT2D eigenvalue weighted by molar-refractivity contribution is -0.138. The second-order valence-electron chi connectivity index (χ2n) is 3.38. The van der Waals surface area contributed by atoms with Crippen LogP contribution < -0.4 is 0 Å². The van der Waals surface area contributed by atoms with Crippen molar-refractivity contribution in [3.63, 3.8) is 0 Å². The number of methoxy groups -OCH3 is 1. The number of hydrogen-bond acceptors (Lipinski definition) is 4. The van der Waals surface area contributed by atoms with Gasteiger partial charge in [-0.1, -0.05) is 13.3 Å². The zero-order chi connectivity index (χ0) is 13.2. The molecule has 4 nitrogen and oxygen atoms in total. The summed E-state index contributed by atoms with van der Waals surface area (Å²) in [4.78, 5) is 35.4. The molecule has 92 valence electrons. The van der Waals surface area contributed by atoms with Crippen molar-refractivity contribution in [2.24, 2.45) is 0 Å². The van der Waals surface area contributed by atoms with Crippen molar-refractivity contribution in [2.75, 3.05) is 7.11 Å². The lowest BCUT2D eigenvalue weighted by Gasteiger charge is -2.16. The highest BCUT2D eigenvalue weighted by atomic mass is 79.9. The maximum absolute atomic E-state index is 11.9. The van der Waals surface area contributed by atoms with Crippen molar-refractivity contribution in [1.29, 1.82) is 0 Å². The Hall–Kier alpha value is -0.750. The molecule has 0 saturated heterocycles. The van der Waals surface area contributed by atoms with Crippen LogP contribution in [0.3, 0.4) is 0 Å². The van der Waals surface area contributed by atoms with Crippen LogP contribution in [0.2, 0.25) is 0 Å². The molecule has 6 heteroatoms. The van der Waals surface area contributed by atoms with Gasteiger partial charge in [0.05, 0.1) is 16.1 Å². The van der Waals surface area contributed by atoms with Gasteiger partial charge in [0, 0.05) is 5.57 Å². The number of rotatable bonds is 3. The minimum absolute atomic E-state index is 0.0581. The number of hydrogen-bond donors (Lipinski definition) is 0. The molecule has 0 unspecified atom stereocenters. The smallest absolute Gasteiger partial charge is 0.342 e. The molecular weight excluding hydrogens is 356 g/mol. The van der Waals surface area contributed by atoms with E-state index in [-0.39, 0.29) is 25.9 Å². The number of Topliss-reactive ketones (excluding diaryl/α,β-unsaturated/α-hetero) is 2. The zero-order valence-corrected chi connectivity index (χ0v) is 12.5. The third-order valence-corrected chi connectivity index (χ3v) is 4.33. The van der Waals surface area contributed by atoms with Crippen LogP contribution in [0.4, 0.5) is 0 Å². The number of esters is 1. The van der Waals surface area contributed by atoms with Crippen LogP contribution in [0, 0.1) is 0 Å². The molecule has 0 aliphatic heterocycles. The van der Waals surface area contributed by atoms with Crippen molar-refractivity contribution in [1.82, 2.24) is 0 Å². The summed E-state index contributed by atoms with van der Waals surface area (Å²) in [6.07, 6.45) is 1.02. The first-order chi connectivity index (χ1) is 7.95. The average molecular weight is 366 g/mol. The molecular formula is C11H10Br2O4. The Morgan fingerprint density at radius 3 is 2.18 bits per heavy atom. The van der Waals surface area contributed by atoms with E-state index in [2.05, 4.69) is 36.6 Å². The Labute approximate surface area is 115 Å². The summed E-state index contributed by atoms with van der Waals surface area (Å²) in [6, 6.07) is 0. The molecule has 0 spiro atoms. The number of allylic oxidation sites excluding steroid dienone is 3. The van der Waals surface area contributed by atoms with Crippen LogP contribution in [-0.2, 0) is 19.1 Å². The second-order valence-corrected chi connectivity index (χ2v) is 4.97. The van der Waals surface area contributed by atoms with Gasteiger partial charge in [0.15, 0.2) is 5.78 Å². The summed E-state index contributed by atoms with van der Waals surface area (Å²) in [7, 11) is 1.18. The van der Waals surface area contributed by atoms with Gasteiger partial charge in [-0.2, -0.15) is 0 Å². The van der Waals surface area contributed by atoms with Crippen LogP contribution in [0.5, 0.6) is 0 Å². The summed E-state index contributed by atoms with van der Waals surface area (Å²) in [5.41, 5.74) is 0.0360. The van der Waals surface area contributed by atoms with E-state index in [4.69, 9.17) is 0 Å². The Morgan fingerprint density at radius 2 is 1.71 bits per heavy atom. The van der Waals surface area contributed by atoms with Crippen LogP contribution in [0.15, 0.2) is 20.1 Å². The molecule has 1 aliphatic carbocycles. The number of ether oxygens (including phenoxy) is 1. The van der Waals surface area contributed by atoms with Crippen LogP contribution in [0.1, 0.15) is 19.8 Å². The van der Waals surface area contributed by atoms with Crippen molar-refractivity contribution in [2.45, 2.75) is 19.8 Å². The molecule has 0 radical (unpaired) electrons. The van der Waals surface area contributed by atoms with Crippen molar-refractivity contribution in [3.05, 3.63) is 20.1 Å². The first-order valence-corrected chi connectivity index (χ1v) is 6.50. The monoisotopic (exact) mass is 364 g/mol. The van der Waals surface area contributed by atoms with Gasteiger partial charge in [-0.3, -0.25) is 9.59 Å².